The van der Waals surface area contributed by atoms with Crippen LogP contribution in [-0.2, 0) is 11.2 Å². The normalized spacial score (nSPS) is 22.0. The zero-order valence-corrected chi connectivity index (χ0v) is 15.3. The van der Waals surface area contributed by atoms with E-state index in [2.05, 4.69) is 27.2 Å². The van der Waals surface area contributed by atoms with Crippen LogP contribution in [0, 0.1) is 0 Å². The van der Waals surface area contributed by atoms with Crippen molar-refractivity contribution in [1.82, 2.24) is 20.0 Å². The van der Waals surface area contributed by atoms with E-state index in [1.165, 1.54) is 5.56 Å². The van der Waals surface area contributed by atoms with Gasteiger partial charge in [0.15, 0.2) is 0 Å². The first kappa shape index (κ1) is 17.2. The van der Waals surface area contributed by atoms with Crippen molar-refractivity contribution in [3.8, 4) is 0 Å². The summed E-state index contributed by atoms with van der Waals surface area (Å²) in [4.78, 5) is 16.0. The minimum absolute atomic E-state index is 0.194. The maximum absolute atomic E-state index is 11.5. The second kappa shape index (κ2) is 7.58. The molecule has 2 saturated heterocycles. The van der Waals surface area contributed by atoms with Crippen molar-refractivity contribution in [3.05, 3.63) is 47.7 Å². The molecule has 0 saturated carbocycles. The smallest absolute Gasteiger partial charge is 0.220 e. The summed E-state index contributed by atoms with van der Waals surface area (Å²) in [6, 6.07) is 10.8. The molecule has 0 spiro atoms. The lowest BCUT2D eigenvalue weighted by Crippen LogP contribution is -2.45. The Kier molecular flexibility index (Phi) is 5.02. The van der Waals surface area contributed by atoms with Crippen LogP contribution >= 0.6 is 0 Å². The van der Waals surface area contributed by atoms with E-state index in [1.54, 1.807) is 6.92 Å². The van der Waals surface area contributed by atoms with Crippen LogP contribution in [0.15, 0.2) is 34.7 Å². The Labute approximate surface area is 154 Å². The minimum Gasteiger partial charge on any atom is -0.425 e. The summed E-state index contributed by atoms with van der Waals surface area (Å²) >= 11 is 0. The summed E-state index contributed by atoms with van der Waals surface area (Å²) in [6.45, 7) is 5.48. The Morgan fingerprint density at radius 3 is 2.62 bits per heavy atom. The van der Waals surface area contributed by atoms with E-state index in [9.17, 15) is 4.79 Å². The number of amides is 1. The highest BCUT2D eigenvalue weighted by Gasteiger charge is 2.34. The number of carbonyl (C=O) groups excluding carboxylic acids is 1. The van der Waals surface area contributed by atoms with Crippen LogP contribution in [0.3, 0.4) is 0 Å². The number of aromatic nitrogens is 2. The molecule has 138 valence electrons. The predicted molar refractivity (Wildman–Crippen MR) is 97.8 cm³/mol. The van der Waals surface area contributed by atoms with E-state index in [1.807, 2.05) is 23.1 Å². The molecule has 1 aromatic carbocycles. The first-order valence-corrected chi connectivity index (χ1v) is 9.55. The number of benzene rings is 1. The molecule has 2 aliphatic heterocycles. The first-order chi connectivity index (χ1) is 12.7. The van der Waals surface area contributed by atoms with Crippen molar-refractivity contribution in [2.75, 3.05) is 26.2 Å². The Morgan fingerprint density at radius 1 is 1.12 bits per heavy atom. The molecule has 0 unspecified atom stereocenters. The Balaban J connectivity index is 1.32. The van der Waals surface area contributed by atoms with Crippen LogP contribution in [0.2, 0.25) is 0 Å². The van der Waals surface area contributed by atoms with Gasteiger partial charge in [-0.1, -0.05) is 30.3 Å². The molecule has 26 heavy (non-hydrogen) atoms. The third-order valence-electron chi connectivity index (χ3n) is 5.68. The highest BCUT2D eigenvalue weighted by atomic mass is 16.4. The maximum atomic E-state index is 11.5. The van der Waals surface area contributed by atoms with Crippen molar-refractivity contribution >= 4 is 5.91 Å². The van der Waals surface area contributed by atoms with Gasteiger partial charge in [-0.15, -0.1) is 10.2 Å². The van der Waals surface area contributed by atoms with Crippen LogP contribution in [0.5, 0.6) is 0 Å². The van der Waals surface area contributed by atoms with E-state index in [0.29, 0.717) is 24.3 Å². The van der Waals surface area contributed by atoms with E-state index in [4.69, 9.17) is 4.42 Å². The number of likely N-dealkylation sites (tertiary alicyclic amines) is 2. The average molecular weight is 354 g/mol. The van der Waals surface area contributed by atoms with Crippen LogP contribution in [0.25, 0.3) is 0 Å². The second-order valence-electron chi connectivity index (χ2n) is 7.41. The number of carbonyl (C=O) groups is 1. The van der Waals surface area contributed by atoms with E-state index in [-0.39, 0.29) is 5.91 Å². The van der Waals surface area contributed by atoms with Gasteiger partial charge in [0.25, 0.3) is 0 Å². The van der Waals surface area contributed by atoms with Gasteiger partial charge in [-0.05, 0) is 31.4 Å². The molecule has 0 N–H and O–H groups in total. The van der Waals surface area contributed by atoms with Gasteiger partial charge in [-0.2, -0.15) is 0 Å². The van der Waals surface area contributed by atoms with Crippen molar-refractivity contribution in [2.45, 2.75) is 44.6 Å². The molecule has 2 fully saturated rings. The molecular weight excluding hydrogens is 328 g/mol. The average Bonchev–Trinajstić information content (AvgIpc) is 3.32. The number of piperidine rings is 1. The molecule has 1 atom stereocenters. The van der Waals surface area contributed by atoms with Gasteiger partial charge in [0.05, 0.1) is 12.3 Å². The molecular formula is C20H26N4O2. The summed E-state index contributed by atoms with van der Waals surface area (Å²) in [5.74, 6) is 2.00. The van der Waals surface area contributed by atoms with Gasteiger partial charge >= 0.3 is 0 Å². The molecule has 4 rings (SSSR count). The van der Waals surface area contributed by atoms with Crippen molar-refractivity contribution in [3.63, 3.8) is 0 Å². The monoisotopic (exact) mass is 354 g/mol. The largest absolute Gasteiger partial charge is 0.425 e. The molecule has 0 aliphatic carbocycles. The van der Waals surface area contributed by atoms with Crippen LogP contribution in [0.1, 0.15) is 49.4 Å². The summed E-state index contributed by atoms with van der Waals surface area (Å²) in [6.07, 6.45) is 3.89. The third kappa shape index (κ3) is 3.80. The number of rotatable bonds is 4. The number of hydrogen-bond acceptors (Lipinski definition) is 5. The highest BCUT2D eigenvalue weighted by molar-refractivity contribution is 5.73. The summed E-state index contributed by atoms with van der Waals surface area (Å²) in [7, 11) is 0. The SMILES string of the molecule is CC(=O)N1CCC(N2CC[C@H](c3nnc(Cc4ccccc4)o3)C2)CC1. The minimum atomic E-state index is 0.194. The lowest BCUT2D eigenvalue weighted by molar-refractivity contribution is -0.130. The molecule has 1 aromatic heterocycles. The summed E-state index contributed by atoms with van der Waals surface area (Å²) in [5, 5.41) is 8.56. The Morgan fingerprint density at radius 2 is 1.88 bits per heavy atom. The van der Waals surface area contributed by atoms with Crippen LogP contribution < -0.4 is 0 Å². The highest BCUT2D eigenvalue weighted by Crippen LogP contribution is 2.30. The van der Waals surface area contributed by atoms with Gasteiger partial charge in [0, 0.05) is 32.6 Å². The fourth-order valence-corrected chi connectivity index (χ4v) is 4.14. The lowest BCUT2D eigenvalue weighted by atomic mass is 10.0. The standard InChI is InChI=1S/C20H26N4O2/c1-15(25)23-11-8-18(9-12-23)24-10-7-17(14-24)20-22-21-19(26-20)13-16-5-3-2-4-6-16/h2-6,17-18H,7-14H2,1H3/t17-/m0/s1. The quantitative estimate of drug-likeness (QED) is 0.844. The van der Waals surface area contributed by atoms with E-state index in [0.717, 1.165) is 51.3 Å². The molecule has 3 heterocycles. The Bertz CT molecular complexity index is 737. The van der Waals surface area contributed by atoms with Crippen LogP contribution in [-0.4, -0.2) is 58.1 Å². The lowest BCUT2D eigenvalue weighted by Gasteiger charge is -2.36. The van der Waals surface area contributed by atoms with Gasteiger partial charge < -0.3 is 9.32 Å². The number of hydrogen-bond donors (Lipinski definition) is 0. The fraction of sp³-hybridized carbons (Fsp3) is 0.550. The van der Waals surface area contributed by atoms with E-state index < -0.39 is 0 Å². The molecule has 2 aliphatic rings. The van der Waals surface area contributed by atoms with Gasteiger partial charge in [0.2, 0.25) is 17.7 Å². The van der Waals surface area contributed by atoms with Crippen molar-refractivity contribution < 1.29 is 9.21 Å². The fourth-order valence-electron chi connectivity index (χ4n) is 4.14. The predicted octanol–water partition coefficient (Wildman–Crippen LogP) is 2.46. The molecule has 0 radical (unpaired) electrons. The summed E-state index contributed by atoms with van der Waals surface area (Å²) in [5.41, 5.74) is 1.19. The van der Waals surface area contributed by atoms with Crippen molar-refractivity contribution in [2.24, 2.45) is 0 Å². The third-order valence-corrected chi connectivity index (χ3v) is 5.68. The van der Waals surface area contributed by atoms with Gasteiger partial charge in [0.1, 0.15) is 0 Å². The molecule has 6 nitrogen and oxygen atoms in total. The molecule has 2 aromatic rings. The van der Waals surface area contributed by atoms with Gasteiger partial charge in [-0.3, -0.25) is 9.69 Å². The zero-order chi connectivity index (χ0) is 17.9. The zero-order valence-electron chi connectivity index (χ0n) is 15.3. The maximum Gasteiger partial charge on any atom is 0.220 e. The number of nitrogens with zero attached hydrogens (tertiary/aromatic N) is 4. The first-order valence-electron chi connectivity index (χ1n) is 9.55. The van der Waals surface area contributed by atoms with E-state index >= 15 is 0 Å². The molecule has 6 heteroatoms. The molecule has 0 bridgehead atoms. The molecule has 1 amide bonds. The second-order valence-corrected chi connectivity index (χ2v) is 7.41. The van der Waals surface area contributed by atoms with Crippen LogP contribution in [0.4, 0.5) is 0 Å². The Hall–Kier alpha value is -2.21. The van der Waals surface area contributed by atoms with Crippen molar-refractivity contribution in [1.29, 1.82) is 0 Å². The summed E-state index contributed by atoms with van der Waals surface area (Å²) < 4.78 is 5.95. The topological polar surface area (TPSA) is 62.5 Å². The van der Waals surface area contributed by atoms with Gasteiger partial charge in [-0.25, -0.2) is 0 Å².